The zero-order chi connectivity index (χ0) is 13.2. The molecule has 100 valence electrons. The zero-order valence-electron chi connectivity index (χ0n) is 11.1. The summed E-state index contributed by atoms with van der Waals surface area (Å²) in [5.74, 6) is 0.376. The van der Waals surface area contributed by atoms with Gasteiger partial charge in [-0.15, -0.1) is 0 Å². The molecule has 0 spiro atoms. The van der Waals surface area contributed by atoms with E-state index in [-0.39, 0.29) is 17.7 Å². The van der Waals surface area contributed by atoms with Crippen LogP contribution in [0, 0.1) is 11.3 Å². The van der Waals surface area contributed by atoms with Crippen molar-refractivity contribution in [1.82, 2.24) is 10.6 Å². The van der Waals surface area contributed by atoms with E-state index in [0.29, 0.717) is 18.7 Å². The second-order valence-electron chi connectivity index (χ2n) is 5.07. The Bertz CT molecular complexity index is 380. The third-order valence-corrected chi connectivity index (χ3v) is 4.24. The van der Waals surface area contributed by atoms with Crippen LogP contribution in [0.5, 0.6) is 0 Å². The molecule has 5 nitrogen and oxygen atoms in total. The predicted octanol–water partition coefficient (Wildman–Crippen LogP) is 0.847. The standard InChI is InChI=1S/C13H21N3O2/c1-3-13(4-2)11(17)15-10(16-12(13)18)9-5-7-14-8-6-9/h9,14H,3-8H2,1-2H3,(H,15,16,17,18). The average Bonchev–Trinajstić information content (AvgIpc) is 2.40. The SMILES string of the molecule is CCC1(CC)C(=O)N=C(C2CCNCC2)NC1=O. The topological polar surface area (TPSA) is 70.6 Å². The summed E-state index contributed by atoms with van der Waals surface area (Å²) < 4.78 is 0. The molecule has 0 aromatic rings. The smallest absolute Gasteiger partial charge is 0.263 e. The Balaban J connectivity index is 2.22. The first-order chi connectivity index (χ1) is 8.64. The molecule has 0 bridgehead atoms. The Morgan fingerprint density at radius 1 is 1.22 bits per heavy atom. The van der Waals surface area contributed by atoms with Gasteiger partial charge in [-0.05, 0) is 38.8 Å². The molecule has 2 aliphatic heterocycles. The van der Waals surface area contributed by atoms with E-state index in [1.54, 1.807) is 0 Å². The fourth-order valence-corrected chi connectivity index (χ4v) is 2.74. The van der Waals surface area contributed by atoms with E-state index in [1.807, 2.05) is 13.8 Å². The first-order valence-electron chi connectivity index (χ1n) is 6.79. The predicted molar refractivity (Wildman–Crippen MR) is 69.2 cm³/mol. The third-order valence-electron chi connectivity index (χ3n) is 4.24. The Morgan fingerprint density at radius 3 is 2.33 bits per heavy atom. The molecule has 1 fully saturated rings. The number of carbonyl (C=O) groups is 2. The summed E-state index contributed by atoms with van der Waals surface area (Å²) in [6.07, 6.45) is 2.88. The highest BCUT2D eigenvalue weighted by atomic mass is 16.2. The van der Waals surface area contributed by atoms with Gasteiger partial charge in [0.15, 0.2) is 0 Å². The molecule has 0 aromatic heterocycles. The lowest BCUT2D eigenvalue weighted by molar-refractivity contribution is -0.142. The maximum Gasteiger partial charge on any atom is 0.263 e. The van der Waals surface area contributed by atoms with E-state index in [1.165, 1.54) is 0 Å². The van der Waals surface area contributed by atoms with Crippen molar-refractivity contribution in [3.8, 4) is 0 Å². The number of piperidine rings is 1. The molecule has 0 unspecified atom stereocenters. The average molecular weight is 251 g/mol. The number of carbonyl (C=O) groups excluding carboxylic acids is 2. The van der Waals surface area contributed by atoms with Crippen molar-refractivity contribution in [3.63, 3.8) is 0 Å². The first kappa shape index (κ1) is 13.2. The fourth-order valence-electron chi connectivity index (χ4n) is 2.74. The third kappa shape index (κ3) is 2.07. The van der Waals surface area contributed by atoms with Crippen LogP contribution in [0.2, 0.25) is 0 Å². The summed E-state index contributed by atoms with van der Waals surface area (Å²) in [4.78, 5) is 28.6. The molecule has 18 heavy (non-hydrogen) atoms. The van der Waals surface area contributed by atoms with Crippen LogP contribution < -0.4 is 10.6 Å². The molecule has 1 saturated heterocycles. The van der Waals surface area contributed by atoms with Crippen LogP contribution in [0.4, 0.5) is 0 Å². The zero-order valence-corrected chi connectivity index (χ0v) is 11.1. The van der Waals surface area contributed by atoms with Gasteiger partial charge in [-0.2, -0.15) is 4.99 Å². The number of amidine groups is 1. The van der Waals surface area contributed by atoms with Gasteiger partial charge in [0.25, 0.3) is 5.91 Å². The van der Waals surface area contributed by atoms with Crippen LogP contribution in [0.3, 0.4) is 0 Å². The molecular weight excluding hydrogens is 230 g/mol. The van der Waals surface area contributed by atoms with E-state index in [0.717, 1.165) is 25.9 Å². The van der Waals surface area contributed by atoms with Crippen LogP contribution in [-0.2, 0) is 9.59 Å². The summed E-state index contributed by atoms with van der Waals surface area (Å²) in [5, 5.41) is 6.13. The second kappa shape index (κ2) is 5.18. The van der Waals surface area contributed by atoms with Crippen LogP contribution in [0.15, 0.2) is 4.99 Å². The number of amides is 2. The lowest BCUT2D eigenvalue weighted by atomic mass is 9.79. The number of rotatable bonds is 3. The first-order valence-corrected chi connectivity index (χ1v) is 6.79. The molecule has 0 radical (unpaired) electrons. The number of nitrogens with zero attached hydrogens (tertiary/aromatic N) is 1. The van der Waals surface area contributed by atoms with Gasteiger partial charge in [0.05, 0.1) is 0 Å². The highest BCUT2D eigenvalue weighted by Gasteiger charge is 2.46. The van der Waals surface area contributed by atoms with Crippen molar-refractivity contribution in [2.45, 2.75) is 39.5 Å². The molecule has 0 aromatic carbocycles. The highest BCUT2D eigenvalue weighted by Crippen LogP contribution is 2.31. The highest BCUT2D eigenvalue weighted by molar-refractivity contribution is 6.19. The quantitative estimate of drug-likeness (QED) is 0.730. The summed E-state index contributed by atoms with van der Waals surface area (Å²) >= 11 is 0. The van der Waals surface area contributed by atoms with Gasteiger partial charge in [0.2, 0.25) is 5.91 Å². The summed E-state index contributed by atoms with van der Waals surface area (Å²) in [5.41, 5.74) is -0.934. The normalized spacial score (nSPS) is 24.7. The lowest BCUT2D eigenvalue weighted by Gasteiger charge is -2.34. The van der Waals surface area contributed by atoms with Gasteiger partial charge in [-0.25, -0.2) is 0 Å². The van der Waals surface area contributed by atoms with Crippen LogP contribution >= 0.6 is 0 Å². The number of hydrogen-bond acceptors (Lipinski definition) is 3. The molecule has 2 N–H and O–H groups in total. The molecular formula is C13H21N3O2. The molecule has 0 saturated carbocycles. The number of hydrogen-bond donors (Lipinski definition) is 2. The Labute approximate surface area is 107 Å². The molecule has 2 amide bonds. The second-order valence-corrected chi connectivity index (χ2v) is 5.07. The van der Waals surface area contributed by atoms with E-state index < -0.39 is 5.41 Å². The fraction of sp³-hybridized carbons (Fsp3) is 0.769. The van der Waals surface area contributed by atoms with Crippen molar-refractivity contribution < 1.29 is 9.59 Å². The van der Waals surface area contributed by atoms with Gasteiger partial charge in [-0.3, -0.25) is 9.59 Å². The van der Waals surface area contributed by atoms with Crippen molar-refractivity contribution in [1.29, 1.82) is 0 Å². The molecule has 0 atom stereocenters. The Hall–Kier alpha value is -1.23. The summed E-state index contributed by atoms with van der Waals surface area (Å²) in [7, 11) is 0. The minimum atomic E-state index is -0.934. The van der Waals surface area contributed by atoms with Gasteiger partial charge >= 0.3 is 0 Å². The van der Waals surface area contributed by atoms with Crippen molar-refractivity contribution in [2.75, 3.05) is 13.1 Å². The monoisotopic (exact) mass is 251 g/mol. The van der Waals surface area contributed by atoms with Crippen molar-refractivity contribution >= 4 is 17.6 Å². The minimum Gasteiger partial charge on any atom is -0.317 e. The van der Waals surface area contributed by atoms with Gasteiger partial charge in [0.1, 0.15) is 11.3 Å². The lowest BCUT2D eigenvalue weighted by Crippen LogP contribution is -2.54. The maximum absolute atomic E-state index is 12.2. The Morgan fingerprint density at radius 2 is 1.83 bits per heavy atom. The molecule has 0 aliphatic carbocycles. The van der Waals surface area contributed by atoms with Crippen molar-refractivity contribution in [2.24, 2.45) is 16.3 Å². The van der Waals surface area contributed by atoms with Crippen LogP contribution in [-0.4, -0.2) is 30.7 Å². The van der Waals surface area contributed by atoms with Crippen molar-refractivity contribution in [3.05, 3.63) is 0 Å². The van der Waals surface area contributed by atoms with E-state index in [4.69, 9.17) is 0 Å². The van der Waals surface area contributed by atoms with Gasteiger partial charge in [-0.1, -0.05) is 13.8 Å². The molecule has 2 heterocycles. The number of nitrogens with one attached hydrogen (secondary N) is 2. The number of aliphatic imine (C=N–C) groups is 1. The summed E-state index contributed by atoms with van der Waals surface area (Å²) in [6, 6.07) is 0. The van der Waals surface area contributed by atoms with Gasteiger partial charge < -0.3 is 10.6 Å². The largest absolute Gasteiger partial charge is 0.317 e. The minimum absolute atomic E-state index is 0.166. The van der Waals surface area contributed by atoms with Crippen LogP contribution in [0.1, 0.15) is 39.5 Å². The van der Waals surface area contributed by atoms with E-state index >= 15 is 0 Å². The molecule has 2 rings (SSSR count). The molecule has 2 aliphatic rings. The van der Waals surface area contributed by atoms with Crippen LogP contribution in [0.25, 0.3) is 0 Å². The van der Waals surface area contributed by atoms with Gasteiger partial charge in [0, 0.05) is 5.92 Å². The van der Waals surface area contributed by atoms with E-state index in [2.05, 4.69) is 15.6 Å². The maximum atomic E-state index is 12.2. The van der Waals surface area contributed by atoms with E-state index in [9.17, 15) is 9.59 Å². The molecule has 5 heteroatoms. The summed E-state index contributed by atoms with van der Waals surface area (Å²) in [6.45, 7) is 5.57. The Kier molecular flexibility index (Phi) is 3.80.